The van der Waals surface area contributed by atoms with E-state index in [9.17, 15) is 4.39 Å². The predicted molar refractivity (Wildman–Crippen MR) is 55.9 cm³/mol. The number of benzene rings is 1. The average molecular weight is 197 g/mol. The van der Waals surface area contributed by atoms with Gasteiger partial charge in [-0.2, -0.15) is 0 Å². The second-order valence-electron chi connectivity index (χ2n) is 3.64. The van der Waals surface area contributed by atoms with Gasteiger partial charge in [0.1, 0.15) is 5.82 Å². The van der Waals surface area contributed by atoms with E-state index in [0.717, 1.165) is 12.2 Å². The van der Waals surface area contributed by atoms with Crippen LogP contribution in [0.15, 0.2) is 24.3 Å². The Morgan fingerprint density at radius 2 is 1.93 bits per heavy atom. The highest BCUT2D eigenvalue weighted by Gasteiger charge is 2.05. The minimum atomic E-state index is -0.225. The third-order valence-electron chi connectivity index (χ3n) is 2.16. The molecule has 1 aromatic rings. The molecule has 2 nitrogen and oxygen atoms in total. The van der Waals surface area contributed by atoms with Crippen LogP contribution in [0.25, 0.3) is 0 Å². The maximum absolute atomic E-state index is 12.6. The largest absolute Gasteiger partial charge is 0.396 e. The summed E-state index contributed by atoms with van der Waals surface area (Å²) in [6.45, 7) is 2.91. The molecule has 1 aromatic carbocycles. The summed E-state index contributed by atoms with van der Waals surface area (Å²) in [5.41, 5.74) is 0.965. The first-order chi connectivity index (χ1) is 6.63. The van der Waals surface area contributed by atoms with Crippen molar-refractivity contribution >= 4 is 5.69 Å². The van der Waals surface area contributed by atoms with Gasteiger partial charge in [-0.05, 0) is 30.2 Å². The molecule has 0 amide bonds. The molecule has 0 bridgehead atoms. The highest BCUT2D eigenvalue weighted by molar-refractivity contribution is 5.45. The minimum absolute atomic E-state index is 0.172. The lowest BCUT2D eigenvalue weighted by molar-refractivity contribution is 0.240. The number of aliphatic hydroxyl groups is 1. The lowest BCUT2D eigenvalue weighted by Gasteiger charge is -2.22. The fraction of sp³-hybridized carbons (Fsp3) is 0.455. The van der Waals surface area contributed by atoms with E-state index in [4.69, 9.17) is 5.11 Å². The first kappa shape index (κ1) is 11.0. The number of halogens is 1. The molecule has 0 saturated carbocycles. The molecule has 0 aromatic heterocycles. The third kappa shape index (κ3) is 3.00. The molecule has 0 aliphatic rings. The van der Waals surface area contributed by atoms with Crippen molar-refractivity contribution in [3.8, 4) is 0 Å². The summed E-state index contributed by atoms with van der Waals surface area (Å²) in [6.07, 6.45) is 0. The predicted octanol–water partition coefficient (Wildman–Crippen LogP) is 1.89. The summed E-state index contributed by atoms with van der Waals surface area (Å²) < 4.78 is 12.6. The van der Waals surface area contributed by atoms with Crippen molar-refractivity contribution in [1.29, 1.82) is 0 Å². The zero-order valence-electron chi connectivity index (χ0n) is 8.57. The number of rotatable bonds is 4. The molecule has 0 fully saturated rings. The molecular formula is C11H16FNO. The Balaban J connectivity index is 2.60. The molecule has 1 rings (SSSR count). The van der Waals surface area contributed by atoms with Gasteiger partial charge >= 0.3 is 0 Å². The fourth-order valence-electron chi connectivity index (χ4n) is 1.33. The summed E-state index contributed by atoms with van der Waals surface area (Å²) in [5.74, 6) is 0.00223. The molecule has 0 radical (unpaired) electrons. The highest BCUT2D eigenvalue weighted by atomic mass is 19.1. The van der Waals surface area contributed by atoms with E-state index in [1.807, 2.05) is 18.9 Å². The van der Waals surface area contributed by atoms with Crippen LogP contribution in [-0.2, 0) is 0 Å². The molecule has 78 valence electrons. The first-order valence-electron chi connectivity index (χ1n) is 4.71. The van der Waals surface area contributed by atoms with Crippen LogP contribution in [0.5, 0.6) is 0 Å². The summed E-state index contributed by atoms with van der Waals surface area (Å²) in [4.78, 5) is 2.00. The van der Waals surface area contributed by atoms with Crippen molar-refractivity contribution in [2.24, 2.45) is 5.92 Å². The van der Waals surface area contributed by atoms with Gasteiger partial charge in [-0.15, -0.1) is 0 Å². The van der Waals surface area contributed by atoms with E-state index in [1.54, 1.807) is 12.1 Å². The Morgan fingerprint density at radius 1 is 1.36 bits per heavy atom. The Morgan fingerprint density at radius 3 is 2.43 bits per heavy atom. The number of nitrogens with zero attached hydrogens (tertiary/aromatic N) is 1. The van der Waals surface area contributed by atoms with E-state index >= 15 is 0 Å². The summed E-state index contributed by atoms with van der Waals surface area (Å²) in [7, 11) is 1.93. The Bertz CT molecular complexity index is 273. The molecule has 1 N–H and O–H groups in total. The van der Waals surface area contributed by atoms with Gasteiger partial charge in [-0.25, -0.2) is 4.39 Å². The highest BCUT2D eigenvalue weighted by Crippen LogP contribution is 2.14. The maximum Gasteiger partial charge on any atom is 0.123 e. The van der Waals surface area contributed by atoms with Crippen LogP contribution in [0.2, 0.25) is 0 Å². The first-order valence-corrected chi connectivity index (χ1v) is 4.71. The van der Waals surface area contributed by atoms with Gasteiger partial charge in [0.05, 0.1) is 0 Å². The van der Waals surface area contributed by atoms with Crippen LogP contribution < -0.4 is 4.90 Å². The van der Waals surface area contributed by atoms with Crippen molar-refractivity contribution in [3.05, 3.63) is 30.1 Å². The zero-order chi connectivity index (χ0) is 10.6. The lowest BCUT2D eigenvalue weighted by Crippen LogP contribution is -2.25. The number of aliphatic hydroxyl groups excluding tert-OH is 1. The van der Waals surface area contributed by atoms with Gasteiger partial charge in [-0.1, -0.05) is 6.92 Å². The van der Waals surface area contributed by atoms with Crippen molar-refractivity contribution in [2.75, 3.05) is 25.1 Å². The maximum atomic E-state index is 12.6. The molecule has 0 aliphatic carbocycles. The molecule has 0 saturated heterocycles. The molecule has 3 heteroatoms. The second-order valence-corrected chi connectivity index (χ2v) is 3.64. The van der Waals surface area contributed by atoms with Crippen molar-refractivity contribution in [3.63, 3.8) is 0 Å². The van der Waals surface area contributed by atoms with Crippen LogP contribution in [-0.4, -0.2) is 25.3 Å². The standard InChI is InChI=1S/C11H16FNO/c1-9(8-14)7-13(2)11-5-3-10(12)4-6-11/h3-6,9,14H,7-8H2,1-2H3. The van der Waals surface area contributed by atoms with E-state index in [-0.39, 0.29) is 18.3 Å². The van der Waals surface area contributed by atoms with E-state index < -0.39 is 0 Å². The van der Waals surface area contributed by atoms with Crippen molar-refractivity contribution in [2.45, 2.75) is 6.92 Å². The number of hydrogen-bond acceptors (Lipinski definition) is 2. The summed E-state index contributed by atoms with van der Waals surface area (Å²) in [6, 6.07) is 6.35. The molecule has 1 atom stereocenters. The second kappa shape index (κ2) is 4.96. The van der Waals surface area contributed by atoms with Crippen molar-refractivity contribution in [1.82, 2.24) is 0 Å². The summed E-state index contributed by atoms with van der Waals surface area (Å²) in [5, 5.41) is 8.89. The van der Waals surface area contributed by atoms with E-state index in [1.165, 1.54) is 12.1 Å². The van der Waals surface area contributed by atoms with Crippen LogP contribution >= 0.6 is 0 Å². The summed E-state index contributed by atoms with van der Waals surface area (Å²) >= 11 is 0. The van der Waals surface area contributed by atoms with Crippen LogP contribution in [0, 0.1) is 11.7 Å². The van der Waals surface area contributed by atoms with Gasteiger partial charge in [0.15, 0.2) is 0 Å². The van der Waals surface area contributed by atoms with Crippen LogP contribution in [0.4, 0.5) is 10.1 Å². The quantitative estimate of drug-likeness (QED) is 0.796. The van der Waals surface area contributed by atoms with Gasteiger partial charge in [0.2, 0.25) is 0 Å². The molecule has 14 heavy (non-hydrogen) atoms. The topological polar surface area (TPSA) is 23.5 Å². The van der Waals surface area contributed by atoms with Crippen molar-refractivity contribution < 1.29 is 9.50 Å². The number of anilines is 1. The molecular weight excluding hydrogens is 181 g/mol. The molecule has 0 heterocycles. The van der Waals surface area contributed by atoms with E-state index in [0.29, 0.717) is 0 Å². The Hall–Kier alpha value is -1.09. The minimum Gasteiger partial charge on any atom is -0.396 e. The third-order valence-corrected chi connectivity index (χ3v) is 2.16. The van der Waals surface area contributed by atoms with Crippen LogP contribution in [0.3, 0.4) is 0 Å². The zero-order valence-corrected chi connectivity index (χ0v) is 8.57. The molecule has 0 spiro atoms. The van der Waals surface area contributed by atoms with E-state index in [2.05, 4.69) is 0 Å². The van der Waals surface area contributed by atoms with Gasteiger partial charge < -0.3 is 10.0 Å². The van der Waals surface area contributed by atoms with Gasteiger partial charge in [-0.3, -0.25) is 0 Å². The molecule has 0 aliphatic heterocycles. The van der Waals surface area contributed by atoms with Gasteiger partial charge in [0, 0.05) is 25.9 Å². The number of hydrogen-bond donors (Lipinski definition) is 1. The average Bonchev–Trinajstić information content (AvgIpc) is 2.18. The van der Waals surface area contributed by atoms with Crippen LogP contribution in [0.1, 0.15) is 6.92 Å². The Kier molecular flexibility index (Phi) is 3.89. The van der Waals surface area contributed by atoms with Gasteiger partial charge in [0.25, 0.3) is 0 Å². The normalized spacial score (nSPS) is 12.6. The lowest BCUT2D eigenvalue weighted by atomic mass is 10.2. The smallest absolute Gasteiger partial charge is 0.123 e. The monoisotopic (exact) mass is 197 g/mol. The Labute approximate surface area is 84.0 Å². The fourth-order valence-corrected chi connectivity index (χ4v) is 1.33. The SMILES string of the molecule is CC(CO)CN(C)c1ccc(F)cc1. The molecule has 1 unspecified atom stereocenters.